The van der Waals surface area contributed by atoms with Crippen molar-refractivity contribution in [3.63, 3.8) is 0 Å². The summed E-state index contributed by atoms with van der Waals surface area (Å²) >= 11 is 1.34. The topological polar surface area (TPSA) is 57.5 Å². The lowest BCUT2D eigenvalue weighted by atomic mass is 9.95. The van der Waals surface area contributed by atoms with Gasteiger partial charge in [-0.25, -0.2) is 13.6 Å². The van der Waals surface area contributed by atoms with Gasteiger partial charge < -0.3 is 9.47 Å². The number of thioether (sulfide) groups is 1. The molecule has 0 radical (unpaired) electrons. The van der Waals surface area contributed by atoms with E-state index in [1.165, 1.54) is 36.6 Å². The fraction of sp³-hybridized carbons (Fsp3) is 0.478. The molecular weight excluding hydrogens is 424 g/mol. The number of hydrogen-bond donors (Lipinski definition) is 0. The van der Waals surface area contributed by atoms with Crippen LogP contribution in [-0.2, 0) is 16.0 Å². The van der Waals surface area contributed by atoms with E-state index in [4.69, 9.17) is 9.47 Å². The van der Waals surface area contributed by atoms with Crippen molar-refractivity contribution in [3.8, 4) is 16.9 Å². The molecule has 5 nitrogen and oxygen atoms in total. The molecule has 168 valence electrons. The van der Waals surface area contributed by atoms with E-state index in [9.17, 15) is 18.4 Å². The molecule has 2 aromatic rings. The van der Waals surface area contributed by atoms with E-state index in [0.29, 0.717) is 33.9 Å². The Kier molecular flexibility index (Phi) is 7.75. The number of esters is 1. The van der Waals surface area contributed by atoms with Gasteiger partial charge in [-0.1, -0.05) is 38.7 Å². The second-order valence-corrected chi connectivity index (χ2v) is 8.52. The van der Waals surface area contributed by atoms with E-state index >= 15 is 0 Å². The standard InChI is InChI=1S/C23H27F2NO4S/c1-4-5-6-7-8-9-15-19(14-10-11-16(24)17(25)12-14)22-26(21(27)20(15)29-2)18(13-31-22)23(28)30-3/h10-12,18H,4-9,13H2,1-3H3/t18-/m0/s1. The molecule has 1 aliphatic rings. The summed E-state index contributed by atoms with van der Waals surface area (Å²) in [5.41, 5.74) is 1.32. The minimum atomic E-state index is -0.970. The van der Waals surface area contributed by atoms with Gasteiger partial charge >= 0.3 is 5.97 Å². The number of pyridine rings is 1. The molecule has 1 aliphatic heterocycles. The molecule has 1 aromatic heterocycles. The number of carbonyl (C=O) groups excluding carboxylic acids is 1. The molecule has 31 heavy (non-hydrogen) atoms. The number of methoxy groups -OCH3 is 2. The van der Waals surface area contributed by atoms with Gasteiger partial charge in [0.25, 0.3) is 5.56 Å². The summed E-state index contributed by atoms with van der Waals surface area (Å²) in [6.45, 7) is 2.14. The molecule has 0 bridgehead atoms. The number of nitrogens with zero attached hydrogens (tertiary/aromatic N) is 1. The maximum atomic E-state index is 14.1. The number of aromatic nitrogens is 1. The summed E-state index contributed by atoms with van der Waals surface area (Å²) in [6, 6.07) is 2.89. The van der Waals surface area contributed by atoms with Crippen LogP contribution in [0.1, 0.15) is 50.6 Å². The van der Waals surface area contributed by atoms with Gasteiger partial charge in [0, 0.05) is 16.9 Å². The van der Waals surface area contributed by atoms with E-state index < -0.39 is 29.2 Å². The first-order valence-corrected chi connectivity index (χ1v) is 11.4. The second kappa shape index (κ2) is 10.3. The normalized spacial score (nSPS) is 15.1. The van der Waals surface area contributed by atoms with Crippen LogP contribution in [-0.4, -0.2) is 30.5 Å². The Balaban J connectivity index is 2.19. The lowest BCUT2D eigenvalue weighted by Crippen LogP contribution is -2.31. The molecule has 1 atom stereocenters. The lowest BCUT2D eigenvalue weighted by molar-refractivity contribution is -0.143. The average molecular weight is 452 g/mol. The maximum Gasteiger partial charge on any atom is 0.329 e. The molecule has 0 unspecified atom stereocenters. The maximum absolute atomic E-state index is 14.1. The summed E-state index contributed by atoms with van der Waals surface area (Å²) in [7, 11) is 2.68. The molecular formula is C23H27F2NO4S. The van der Waals surface area contributed by atoms with Crippen LogP contribution in [0.3, 0.4) is 0 Å². The number of carbonyl (C=O) groups is 1. The van der Waals surface area contributed by atoms with Gasteiger partial charge in [-0.05, 0) is 30.5 Å². The minimum Gasteiger partial charge on any atom is -0.491 e. The van der Waals surface area contributed by atoms with Crippen LogP contribution in [0.25, 0.3) is 11.1 Å². The van der Waals surface area contributed by atoms with Crippen molar-refractivity contribution in [2.24, 2.45) is 0 Å². The zero-order chi connectivity index (χ0) is 22.5. The second-order valence-electron chi connectivity index (χ2n) is 7.51. The number of benzene rings is 1. The van der Waals surface area contributed by atoms with Gasteiger partial charge in [0.2, 0.25) is 0 Å². The molecule has 3 rings (SSSR count). The number of unbranched alkanes of at least 4 members (excludes halogenated alkanes) is 4. The largest absolute Gasteiger partial charge is 0.491 e. The highest BCUT2D eigenvalue weighted by Gasteiger charge is 2.36. The number of fused-ring (bicyclic) bond motifs is 1. The molecule has 0 N–H and O–H groups in total. The van der Waals surface area contributed by atoms with Crippen molar-refractivity contribution in [2.45, 2.75) is 56.5 Å². The first-order valence-electron chi connectivity index (χ1n) is 10.5. The summed E-state index contributed by atoms with van der Waals surface area (Å²) in [5.74, 6) is -1.99. The molecule has 0 fully saturated rings. The quantitative estimate of drug-likeness (QED) is 0.391. The van der Waals surface area contributed by atoms with Crippen LogP contribution in [0.15, 0.2) is 28.0 Å². The van der Waals surface area contributed by atoms with Crippen molar-refractivity contribution >= 4 is 17.7 Å². The monoisotopic (exact) mass is 451 g/mol. The van der Waals surface area contributed by atoms with Gasteiger partial charge in [0.15, 0.2) is 17.4 Å². The van der Waals surface area contributed by atoms with Crippen LogP contribution >= 0.6 is 11.8 Å². The highest BCUT2D eigenvalue weighted by Crippen LogP contribution is 2.44. The molecule has 0 saturated carbocycles. The first kappa shape index (κ1) is 23.3. The SMILES string of the molecule is CCCCCCCc1c(-c2ccc(F)c(F)c2)c2n(c(=O)c1OC)[C@H](C(=O)OC)CS2. The Morgan fingerprint density at radius 3 is 2.55 bits per heavy atom. The third-order valence-corrected chi connectivity index (χ3v) is 6.68. The van der Waals surface area contributed by atoms with Crippen LogP contribution in [0.4, 0.5) is 8.78 Å². The van der Waals surface area contributed by atoms with E-state index in [1.54, 1.807) is 0 Å². The molecule has 0 spiro atoms. The van der Waals surface area contributed by atoms with Crippen molar-refractivity contribution in [2.75, 3.05) is 20.0 Å². The number of hydrogen-bond acceptors (Lipinski definition) is 5. The number of halogens is 2. The highest BCUT2D eigenvalue weighted by molar-refractivity contribution is 7.99. The van der Waals surface area contributed by atoms with E-state index in [1.807, 2.05) is 0 Å². The third-order valence-electron chi connectivity index (χ3n) is 5.53. The van der Waals surface area contributed by atoms with Gasteiger partial charge in [-0.3, -0.25) is 9.36 Å². The summed E-state index contributed by atoms with van der Waals surface area (Å²) in [5, 5.41) is 0.552. The van der Waals surface area contributed by atoms with Crippen molar-refractivity contribution in [1.82, 2.24) is 4.57 Å². The Morgan fingerprint density at radius 1 is 1.16 bits per heavy atom. The minimum absolute atomic E-state index is 0.135. The van der Waals surface area contributed by atoms with E-state index in [2.05, 4.69) is 6.92 Å². The first-order chi connectivity index (χ1) is 14.9. The molecule has 0 saturated heterocycles. The Labute approximate surface area is 184 Å². The Morgan fingerprint density at radius 2 is 1.90 bits per heavy atom. The predicted octanol–water partition coefficient (Wildman–Crippen LogP) is 5.13. The summed E-state index contributed by atoms with van der Waals surface area (Å²) < 4.78 is 39.4. The van der Waals surface area contributed by atoms with Gasteiger partial charge in [-0.2, -0.15) is 0 Å². The fourth-order valence-electron chi connectivity index (χ4n) is 3.96. The van der Waals surface area contributed by atoms with Crippen LogP contribution in [0, 0.1) is 11.6 Å². The van der Waals surface area contributed by atoms with E-state index in [-0.39, 0.29) is 5.75 Å². The van der Waals surface area contributed by atoms with Crippen LogP contribution in [0.5, 0.6) is 5.75 Å². The molecule has 2 heterocycles. The zero-order valence-corrected chi connectivity index (χ0v) is 18.8. The zero-order valence-electron chi connectivity index (χ0n) is 18.0. The molecule has 1 aromatic carbocycles. The fourth-order valence-corrected chi connectivity index (χ4v) is 5.30. The number of rotatable bonds is 9. The summed E-state index contributed by atoms with van der Waals surface area (Å²) in [4.78, 5) is 25.6. The van der Waals surface area contributed by atoms with Crippen molar-refractivity contribution < 1.29 is 23.0 Å². The van der Waals surface area contributed by atoms with E-state index in [0.717, 1.165) is 44.2 Å². The van der Waals surface area contributed by atoms with Crippen LogP contribution < -0.4 is 10.3 Å². The third kappa shape index (κ3) is 4.63. The molecule has 0 aliphatic carbocycles. The van der Waals surface area contributed by atoms with Gasteiger partial charge in [0.1, 0.15) is 6.04 Å². The number of ether oxygens (including phenoxy) is 2. The Bertz CT molecular complexity index is 1020. The average Bonchev–Trinajstić information content (AvgIpc) is 3.20. The van der Waals surface area contributed by atoms with Gasteiger partial charge in [0.05, 0.1) is 19.2 Å². The van der Waals surface area contributed by atoms with Gasteiger partial charge in [-0.15, -0.1) is 11.8 Å². The van der Waals surface area contributed by atoms with Crippen molar-refractivity contribution in [3.05, 3.63) is 45.8 Å². The van der Waals surface area contributed by atoms with Crippen LogP contribution in [0.2, 0.25) is 0 Å². The summed E-state index contributed by atoms with van der Waals surface area (Å²) in [6.07, 6.45) is 5.73. The predicted molar refractivity (Wildman–Crippen MR) is 117 cm³/mol. The lowest BCUT2D eigenvalue weighted by Gasteiger charge is -2.20. The molecule has 0 amide bonds. The molecule has 8 heteroatoms. The van der Waals surface area contributed by atoms with Crippen molar-refractivity contribution in [1.29, 1.82) is 0 Å². The smallest absolute Gasteiger partial charge is 0.329 e. The Hall–Kier alpha value is -2.35. The highest BCUT2D eigenvalue weighted by atomic mass is 32.2.